The molecule has 0 radical (unpaired) electrons. The third-order valence-electron chi connectivity index (χ3n) is 2.03. The highest BCUT2D eigenvalue weighted by Crippen LogP contribution is 2.07. The van der Waals surface area contributed by atoms with Gasteiger partial charge in [-0.25, -0.2) is 4.79 Å². The number of esters is 1. The van der Waals surface area contributed by atoms with Crippen LogP contribution in [0.5, 0.6) is 0 Å². The van der Waals surface area contributed by atoms with Crippen LogP contribution in [-0.2, 0) is 14.3 Å². The topological polar surface area (TPSA) is 87.7 Å². The Morgan fingerprint density at radius 2 is 2.33 bits per heavy atom. The van der Waals surface area contributed by atoms with Crippen molar-refractivity contribution < 1.29 is 19.4 Å². The molecule has 1 amide bonds. The second-order valence-corrected chi connectivity index (χ2v) is 3.23. The summed E-state index contributed by atoms with van der Waals surface area (Å²) in [5, 5.41) is 14.9. The summed E-state index contributed by atoms with van der Waals surface area (Å²) in [5.41, 5.74) is 0.353. The van der Waals surface area contributed by atoms with E-state index in [-0.39, 0.29) is 12.5 Å². The van der Waals surface area contributed by atoms with Crippen LogP contribution in [0.1, 0.15) is 6.92 Å². The Morgan fingerprint density at radius 3 is 2.80 bits per heavy atom. The van der Waals surface area contributed by atoms with E-state index < -0.39 is 18.2 Å². The molecule has 1 aliphatic rings. The lowest BCUT2D eigenvalue weighted by Gasteiger charge is -2.27. The van der Waals surface area contributed by atoms with E-state index in [0.717, 1.165) is 0 Å². The van der Waals surface area contributed by atoms with E-state index in [0.29, 0.717) is 5.57 Å². The highest BCUT2D eigenvalue weighted by molar-refractivity contribution is 5.89. The Kier molecular flexibility index (Phi) is 3.81. The predicted molar refractivity (Wildman–Crippen MR) is 51.7 cm³/mol. The van der Waals surface area contributed by atoms with E-state index in [1.165, 1.54) is 20.1 Å². The maximum Gasteiger partial charge on any atom is 0.334 e. The van der Waals surface area contributed by atoms with Crippen LogP contribution in [0.3, 0.4) is 0 Å². The summed E-state index contributed by atoms with van der Waals surface area (Å²) in [4.78, 5) is 21.9. The average molecular weight is 214 g/mol. The molecule has 0 aromatic heterocycles. The van der Waals surface area contributed by atoms with Crippen molar-refractivity contribution in [3.05, 3.63) is 11.6 Å². The molecular formula is C9H14N2O4. The standard InChI is InChI=1S/C9H14N2O4/c1-5(12)11-8-7(13)3-6(4-10-8)9(14)15-2/h3,7-8,10,13H,4H2,1-2H3,(H,11,12)/t7-,8+/m0/s1. The van der Waals surface area contributed by atoms with Crippen molar-refractivity contribution in [3.8, 4) is 0 Å². The first-order chi connectivity index (χ1) is 7.04. The molecule has 0 spiro atoms. The summed E-state index contributed by atoms with van der Waals surface area (Å²) in [6.45, 7) is 1.61. The van der Waals surface area contributed by atoms with Gasteiger partial charge in [0.2, 0.25) is 5.91 Å². The summed E-state index contributed by atoms with van der Waals surface area (Å²) >= 11 is 0. The maximum absolute atomic E-state index is 11.1. The molecule has 0 aromatic rings. The quantitative estimate of drug-likeness (QED) is 0.487. The van der Waals surface area contributed by atoms with Gasteiger partial charge in [-0.15, -0.1) is 0 Å². The SMILES string of the molecule is COC(=O)C1=C[C@H](O)[C@@H](NC(C)=O)NC1. The smallest absolute Gasteiger partial charge is 0.334 e. The number of ether oxygens (including phenoxy) is 1. The van der Waals surface area contributed by atoms with Crippen molar-refractivity contribution in [2.45, 2.75) is 19.2 Å². The number of carbonyl (C=O) groups is 2. The molecule has 0 fully saturated rings. The summed E-state index contributed by atoms with van der Waals surface area (Å²) in [7, 11) is 1.27. The summed E-state index contributed by atoms with van der Waals surface area (Å²) < 4.78 is 4.51. The summed E-state index contributed by atoms with van der Waals surface area (Å²) in [5.74, 6) is -0.732. The van der Waals surface area contributed by atoms with Crippen LogP contribution in [0.2, 0.25) is 0 Å². The summed E-state index contributed by atoms with van der Waals surface area (Å²) in [6.07, 6.45) is -0.115. The van der Waals surface area contributed by atoms with Crippen LogP contribution in [-0.4, -0.2) is 42.9 Å². The molecule has 15 heavy (non-hydrogen) atoms. The largest absolute Gasteiger partial charge is 0.466 e. The Labute approximate surface area is 87.3 Å². The molecule has 1 aliphatic heterocycles. The normalized spacial score (nSPS) is 25.4. The highest BCUT2D eigenvalue weighted by Gasteiger charge is 2.25. The zero-order valence-corrected chi connectivity index (χ0v) is 8.61. The van der Waals surface area contributed by atoms with E-state index in [9.17, 15) is 14.7 Å². The van der Waals surface area contributed by atoms with Crippen LogP contribution >= 0.6 is 0 Å². The number of aliphatic hydroxyl groups excluding tert-OH is 1. The van der Waals surface area contributed by atoms with Gasteiger partial charge < -0.3 is 15.2 Å². The molecule has 0 aromatic carbocycles. The van der Waals surface area contributed by atoms with Gasteiger partial charge in [0, 0.05) is 19.0 Å². The van der Waals surface area contributed by atoms with Crippen molar-refractivity contribution in [2.24, 2.45) is 0 Å². The van der Waals surface area contributed by atoms with Gasteiger partial charge in [0.15, 0.2) is 0 Å². The Bertz CT molecular complexity index is 300. The third-order valence-corrected chi connectivity index (χ3v) is 2.03. The van der Waals surface area contributed by atoms with Crippen molar-refractivity contribution in [1.82, 2.24) is 10.6 Å². The minimum absolute atomic E-state index is 0.249. The average Bonchev–Trinajstić information content (AvgIpc) is 2.19. The predicted octanol–water partition coefficient (Wildman–Crippen LogP) is -1.49. The molecule has 0 saturated heterocycles. The fraction of sp³-hybridized carbons (Fsp3) is 0.556. The maximum atomic E-state index is 11.1. The first kappa shape index (κ1) is 11.7. The van der Waals surface area contributed by atoms with Crippen molar-refractivity contribution in [2.75, 3.05) is 13.7 Å². The minimum atomic E-state index is -0.934. The molecule has 0 aliphatic carbocycles. The molecule has 3 N–H and O–H groups in total. The molecule has 1 rings (SSSR count). The second kappa shape index (κ2) is 4.90. The van der Waals surface area contributed by atoms with E-state index in [4.69, 9.17) is 0 Å². The van der Waals surface area contributed by atoms with E-state index in [2.05, 4.69) is 15.4 Å². The van der Waals surface area contributed by atoms with Crippen LogP contribution in [0.15, 0.2) is 11.6 Å². The van der Waals surface area contributed by atoms with Gasteiger partial charge in [-0.05, 0) is 6.08 Å². The monoisotopic (exact) mass is 214 g/mol. The molecule has 1 heterocycles. The Balaban J connectivity index is 2.64. The Morgan fingerprint density at radius 1 is 1.67 bits per heavy atom. The van der Waals surface area contributed by atoms with Gasteiger partial charge in [-0.3, -0.25) is 10.1 Å². The van der Waals surface area contributed by atoms with Gasteiger partial charge in [-0.2, -0.15) is 0 Å². The van der Waals surface area contributed by atoms with E-state index >= 15 is 0 Å². The molecule has 6 nitrogen and oxygen atoms in total. The van der Waals surface area contributed by atoms with Crippen LogP contribution in [0, 0.1) is 0 Å². The van der Waals surface area contributed by atoms with Crippen molar-refractivity contribution >= 4 is 11.9 Å². The molecule has 6 heteroatoms. The lowest BCUT2D eigenvalue weighted by atomic mass is 10.1. The molecule has 0 saturated carbocycles. The zero-order chi connectivity index (χ0) is 11.4. The van der Waals surface area contributed by atoms with E-state index in [1.807, 2.05) is 0 Å². The number of hydrogen-bond acceptors (Lipinski definition) is 5. The zero-order valence-electron chi connectivity index (χ0n) is 8.61. The minimum Gasteiger partial charge on any atom is -0.466 e. The number of rotatable bonds is 2. The number of aliphatic hydroxyl groups is 1. The van der Waals surface area contributed by atoms with Crippen molar-refractivity contribution in [3.63, 3.8) is 0 Å². The highest BCUT2D eigenvalue weighted by atomic mass is 16.5. The third kappa shape index (κ3) is 3.03. The number of carbonyl (C=O) groups excluding carboxylic acids is 2. The molecule has 0 unspecified atom stereocenters. The molecule has 0 bridgehead atoms. The second-order valence-electron chi connectivity index (χ2n) is 3.23. The Hall–Kier alpha value is -1.40. The van der Waals surface area contributed by atoms with Crippen LogP contribution < -0.4 is 10.6 Å². The molecular weight excluding hydrogens is 200 g/mol. The van der Waals surface area contributed by atoms with Gasteiger partial charge >= 0.3 is 5.97 Å². The van der Waals surface area contributed by atoms with E-state index in [1.54, 1.807) is 0 Å². The molecule has 84 valence electrons. The molecule has 2 atom stereocenters. The first-order valence-corrected chi connectivity index (χ1v) is 4.52. The fourth-order valence-electron chi connectivity index (χ4n) is 1.33. The van der Waals surface area contributed by atoms with Gasteiger partial charge in [0.1, 0.15) is 12.3 Å². The van der Waals surface area contributed by atoms with Gasteiger partial charge in [0.25, 0.3) is 0 Å². The fourth-order valence-corrected chi connectivity index (χ4v) is 1.33. The number of methoxy groups -OCH3 is 1. The van der Waals surface area contributed by atoms with Gasteiger partial charge in [0.05, 0.1) is 7.11 Å². The summed E-state index contributed by atoms with van der Waals surface area (Å²) in [6, 6.07) is 0. The van der Waals surface area contributed by atoms with Crippen LogP contribution in [0.25, 0.3) is 0 Å². The number of hydrogen-bond donors (Lipinski definition) is 3. The van der Waals surface area contributed by atoms with Gasteiger partial charge in [-0.1, -0.05) is 0 Å². The number of nitrogens with one attached hydrogen (secondary N) is 2. The van der Waals surface area contributed by atoms with Crippen LogP contribution in [0.4, 0.5) is 0 Å². The first-order valence-electron chi connectivity index (χ1n) is 4.52. The number of amides is 1. The lowest BCUT2D eigenvalue weighted by molar-refractivity contribution is -0.136. The van der Waals surface area contributed by atoms with Crippen molar-refractivity contribution in [1.29, 1.82) is 0 Å². The lowest BCUT2D eigenvalue weighted by Crippen LogP contribution is -2.55.